The highest BCUT2D eigenvalue weighted by Gasteiger charge is 2.14. The number of halogens is 1. The molecule has 1 unspecified atom stereocenters. The van der Waals surface area contributed by atoms with Crippen LogP contribution in [0.1, 0.15) is 22.3 Å². The van der Waals surface area contributed by atoms with Crippen molar-refractivity contribution in [2.75, 3.05) is 14.2 Å². The molecule has 1 heterocycles. The van der Waals surface area contributed by atoms with E-state index in [1.54, 1.807) is 18.4 Å². The lowest BCUT2D eigenvalue weighted by Crippen LogP contribution is -2.18. The lowest BCUT2D eigenvalue weighted by molar-refractivity contribution is 0.411. The summed E-state index contributed by atoms with van der Waals surface area (Å²) in [5, 5.41) is 6.59. The predicted molar refractivity (Wildman–Crippen MR) is 83.0 cm³/mol. The number of ether oxygens (including phenoxy) is 1. The van der Waals surface area contributed by atoms with Gasteiger partial charge in [-0.05, 0) is 47.6 Å². The molecule has 0 bridgehead atoms. The first-order valence-corrected chi connectivity index (χ1v) is 7.73. The highest BCUT2D eigenvalue weighted by Crippen LogP contribution is 2.29. The summed E-state index contributed by atoms with van der Waals surface area (Å²) in [5.74, 6) is 0.851. The number of methoxy groups -OCH3 is 1. The summed E-state index contributed by atoms with van der Waals surface area (Å²) >= 11 is 5.24. The summed E-state index contributed by atoms with van der Waals surface area (Å²) in [5.41, 5.74) is 2.31. The van der Waals surface area contributed by atoms with Gasteiger partial charge in [0.25, 0.3) is 0 Å². The van der Waals surface area contributed by atoms with Gasteiger partial charge in [-0.1, -0.05) is 6.07 Å². The Morgan fingerprint density at radius 1 is 1.47 bits per heavy atom. The van der Waals surface area contributed by atoms with E-state index in [0.717, 1.165) is 27.3 Å². The number of nitrogens with zero attached hydrogens (tertiary/aromatic N) is 1. The molecule has 3 nitrogen and oxygen atoms in total. The second kappa shape index (κ2) is 6.50. The fourth-order valence-electron chi connectivity index (χ4n) is 1.96. The normalized spacial score (nSPS) is 12.4. The van der Waals surface area contributed by atoms with Crippen LogP contribution in [-0.2, 0) is 6.42 Å². The maximum absolute atomic E-state index is 5.26. The van der Waals surface area contributed by atoms with Crippen LogP contribution in [-0.4, -0.2) is 19.1 Å². The van der Waals surface area contributed by atoms with Crippen LogP contribution in [0.4, 0.5) is 0 Å². The van der Waals surface area contributed by atoms with Gasteiger partial charge >= 0.3 is 0 Å². The number of thiazole rings is 1. The minimum Gasteiger partial charge on any atom is -0.496 e. The second-order valence-corrected chi connectivity index (χ2v) is 6.12. The topological polar surface area (TPSA) is 34.2 Å². The van der Waals surface area contributed by atoms with E-state index < -0.39 is 0 Å². The Bertz CT molecular complexity index is 556. The molecule has 0 spiro atoms. The first-order chi connectivity index (χ1) is 9.13. The third-order valence-electron chi connectivity index (χ3n) is 2.97. The molecule has 0 radical (unpaired) electrons. The van der Waals surface area contributed by atoms with E-state index in [4.69, 9.17) is 4.74 Å². The molecule has 0 fully saturated rings. The molecule has 2 rings (SSSR count). The van der Waals surface area contributed by atoms with Crippen molar-refractivity contribution in [3.8, 4) is 5.75 Å². The zero-order valence-electron chi connectivity index (χ0n) is 11.2. The molecular formula is C14H17BrN2OS. The van der Waals surface area contributed by atoms with E-state index in [9.17, 15) is 0 Å². The molecule has 102 valence electrons. The summed E-state index contributed by atoms with van der Waals surface area (Å²) in [4.78, 5) is 4.52. The zero-order valence-corrected chi connectivity index (χ0v) is 13.6. The molecule has 0 aliphatic carbocycles. The Balaban J connectivity index is 2.19. The van der Waals surface area contributed by atoms with Crippen molar-refractivity contribution in [1.29, 1.82) is 0 Å². The quantitative estimate of drug-likeness (QED) is 0.900. The van der Waals surface area contributed by atoms with Gasteiger partial charge in [0.1, 0.15) is 5.75 Å². The van der Waals surface area contributed by atoms with E-state index in [2.05, 4.69) is 43.7 Å². The van der Waals surface area contributed by atoms with Crippen molar-refractivity contribution in [1.82, 2.24) is 10.3 Å². The molecule has 1 aromatic heterocycles. The van der Waals surface area contributed by atoms with Crippen molar-refractivity contribution in [3.63, 3.8) is 0 Å². The van der Waals surface area contributed by atoms with Crippen molar-refractivity contribution < 1.29 is 4.74 Å². The van der Waals surface area contributed by atoms with Gasteiger partial charge in [-0.15, -0.1) is 11.3 Å². The van der Waals surface area contributed by atoms with Gasteiger partial charge in [-0.2, -0.15) is 0 Å². The Morgan fingerprint density at radius 2 is 2.26 bits per heavy atom. The van der Waals surface area contributed by atoms with Crippen LogP contribution in [0.5, 0.6) is 5.75 Å². The van der Waals surface area contributed by atoms with E-state index in [1.807, 2.05) is 20.0 Å². The summed E-state index contributed by atoms with van der Waals surface area (Å²) in [6, 6.07) is 6.43. The average molecular weight is 341 g/mol. The average Bonchev–Trinajstić information content (AvgIpc) is 2.81. The van der Waals surface area contributed by atoms with Crippen LogP contribution < -0.4 is 10.1 Å². The molecule has 19 heavy (non-hydrogen) atoms. The van der Waals surface area contributed by atoms with E-state index in [1.165, 1.54) is 5.56 Å². The lowest BCUT2D eigenvalue weighted by atomic mass is 10.0. The first-order valence-electron chi connectivity index (χ1n) is 6.05. The smallest absolute Gasteiger partial charge is 0.133 e. The van der Waals surface area contributed by atoms with Gasteiger partial charge in [0, 0.05) is 23.5 Å². The molecule has 0 aliphatic heterocycles. The number of aryl methyl sites for hydroxylation is 1. The van der Waals surface area contributed by atoms with Crippen LogP contribution in [0, 0.1) is 6.92 Å². The van der Waals surface area contributed by atoms with Gasteiger partial charge in [0.15, 0.2) is 0 Å². The van der Waals surface area contributed by atoms with Gasteiger partial charge in [0.2, 0.25) is 0 Å². The van der Waals surface area contributed by atoms with Crippen molar-refractivity contribution >= 4 is 27.3 Å². The van der Waals surface area contributed by atoms with Crippen molar-refractivity contribution in [2.24, 2.45) is 0 Å². The number of benzene rings is 1. The van der Waals surface area contributed by atoms with Crippen LogP contribution in [0.3, 0.4) is 0 Å². The fourth-order valence-corrected chi connectivity index (χ4v) is 3.33. The third-order valence-corrected chi connectivity index (χ3v) is 4.58. The number of nitrogens with one attached hydrogen (secondary N) is 1. The van der Waals surface area contributed by atoms with E-state index in [-0.39, 0.29) is 6.04 Å². The third kappa shape index (κ3) is 3.55. The maximum atomic E-state index is 5.26. The Labute approximate surface area is 126 Å². The Morgan fingerprint density at radius 3 is 2.79 bits per heavy atom. The molecule has 5 heteroatoms. The van der Waals surface area contributed by atoms with Crippen molar-refractivity contribution in [3.05, 3.63) is 44.3 Å². The van der Waals surface area contributed by atoms with Gasteiger partial charge in [-0.3, -0.25) is 0 Å². The highest BCUT2D eigenvalue weighted by atomic mass is 79.9. The summed E-state index contributed by atoms with van der Waals surface area (Å²) in [6.07, 6.45) is 0.897. The second-order valence-electron chi connectivity index (χ2n) is 4.32. The SMILES string of the molecule is CNC(Cc1nc(C)cs1)c1ccc(OC)c(Br)c1. The van der Waals surface area contributed by atoms with Crippen LogP contribution >= 0.6 is 27.3 Å². The number of rotatable bonds is 5. The molecule has 0 saturated carbocycles. The van der Waals surface area contributed by atoms with Gasteiger partial charge in [-0.25, -0.2) is 4.98 Å². The van der Waals surface area contributed by atoms with Crippen LogP contribution in [0.15, 0.2) is 28.1 Å². The largest absolute Gasteiger partial charge is 0.496 e. The number of hydrogen-bond donors (Lipinski definition) is 1. The highest BCUT2D eigenvalue weighted by molar-refractivity contribution is 9.10. The van der Waals surface area contributed by atoms with E-state index in [0.29, 0.717) is 0 Å². The minimum atomic E-state index is 0.257. The standard InChI is InChI=1S/C14H17BrN2OS/c1-9-8-19-14(17-9)7-12(16-2)10-4-5-13(18-3)11(15)6-10/h4-6,8,12,16H,7H2,1-3H3. The zero-order chi connectivity index (χ0) is 13.8. The molecule has 2 aromatic rings. The summed E-state index contributed by atoms with van der Waals surface area (Å²) in [6.45, 7) is 2.03. The summed E-state index contributed by atoms with van der Waals surface area (Å²) < 4.78 is 6.23. The molecule has 1 atom stereocenters. The number of aromatic nitrogens is 1. The minimum absolute atomic E-state index is 0.257. The Kier molecular flexibility index (Phi) is 4.96. The maximum Gasteiger partial charge on any atom is 0.133 e. The Hall–Kier alpha value is -0.910. The molecule has 0 amide bonds. The summed E-state index contributed by atoms with van der Waals surface area (Å²) in [7, 11) is 3.65. The first kappa shape index (κ1) is 14.5. The van der Waals surface area contributed by atoms with Crippen LogP contribution in [0.2, 0.25) is 0 Å². The number of likely N-dealkylation sites (N-methyl/N-ethyl adjacent to an activating group) is 1. The van der Waals surface area contributed by atoms with Crippen LogP contribution in [0.25, 0.3) is 0 Å². The van der Waals surface area contributed by atoms with Crippen molar-refractivity contribution in [2.45, 2.75) is 19.4 Å². The van der Waals surface area contributed by atoms with Gasteiger partial charge < -0.3 is 10.1 Å². The molecule has 0 aliphatic rings. The molecule has 0 saturated heterocycles. The molecular weight excluding hydrogens is 324 g/mol. The fraction of sp³-hybridized carbons (Fsp3) is 0.357. The molecule has 1 aromatic carbocycles. The molecule has 1 N–H and O–H groups in total. The van der Waals surface area contributed by atoms with E-state index >= 15 is 0 Å². The number of hydrogen-bond acceptors (Lipinski definition) is 4. The lowest BCUT2D eigenvalue weighted by Gasteiger charge is -2.16. The predicted octanol–water partition coefficient (Wildman–Crippen LogP) is 3.73. The monoisotopic (exact) mass is 340 g/mol. The van der Waals surface area contributed by atoms with Gasteiger partial charge in [0.05, 0.1) is 16.6 Å².